The average molecular weight is 412 g/mol. The number of hydrogen-bond donors (Lipinski definition) is 1. The highest BCUT2D eigenvalue weighted by molar-refractivity contribution is 6.08. The normalized spacial score (nSPS) is 21.3. The van der Waals surface area contributed by atoms with E-state index in [1.54, 1.807) is 12.1 Å². The molecule has 1 aliphatic rings. The Morgan fingerprint density at radius 2 is 1.55 bits per heavy atom. The van der Waals surface area contributed by atoms with Crippen molar-refractivity contribution in [2.24, 2.45) is 0 Å². The Balaban J connectivity index is 1.70. The molecule has 1 aliphatic heterocycles. The van der Waals surface area contributed by atoms with E-state index in [4.69, 9.17) is 0 Å². The van der Waals surface area contributed by atoms with E-state index in [1.165, 1.54) is 24.3 Å². The molecule has 1 saturated heterocycles. The van der Waals surface area contributed by atoms with Crippen LogP contribution in [-0.4, -0.2) is 46.5 Å². The molecule has 8 heteroatoms. The van der Waals surface area contributed by atoms with Crippen LogP contribution in [0.2, 0.25) is 0 Å². The van der Waals surface area contributed by atoms with Gasteiger partial charge in [0.2, 0.25) is 0 Å². The van der Waals surface area contributed by atoms with Crippen LogP contribution in [0.5, 0.6) is 0 Å². The van der Waals surface area contributed by atoms with Crippen LogP contribution < -0.4 is 0 Å². The van der Waals surface area contributed by atoms with E-state index in [0.29, 0.717) is 41.3 Å². The Morgan fingerprint density at radius 3 is 2.10 bits per heavy atom. The van der Waals surface area contributed by atoms with Crippen LogP contribution in [0.4, 0.5) is 22.0 Å². The van der Waals surface area contributed by atoms with E-state index >= 15 is 0 Å². The van der Waals surface area contributed by atoms with Gasteiger partial charge in [0.05, 0.1) is 12.1 Å². The number of likely N-dealkylation sites (tertiary alicyclic amines) is 1. The molecule has 0 radical (unpaired) electrons. The molecule has 3 aromatic rings. The Kier molecular flexibility index (Phi) is 5.25. The zero-order chi connectivity index (χ0) is 20.8. The van der Waals surface area contributed by atoms with E-state index in [0.717, 1.165) is 0 Å². The summed E-state index contributed by atoms with van der Waals surface area (Å²) in [6, 6.07) is 8.06. The maximum absolute atomic E-state index is 13.8. The molecule has 2 heterocycles. The Labute approximate surface area is 164 Å². The largest absolute Gasteiger partial charge is 0.391 e. The highest BCUT2D eigenvalue weighted by Crippen LogP contribution is 2.36. The van der Waals surface area contributed by atoms with Crippen LogP contribution in [0.3, 0.4) is 0 Å². The second-order valence-electron chi connectivity index (χ2n) is 7.64. The molecule has 156 valence electrons. The lowest BCUT2D eigenvalue weighted by Crippen LogP contribution is -2.44. The van der Waals surface area contributed by atoms with E-state index in [-0.39, 0.29) is 13.0 Å². The Bertz CT molecular complexity index is 970. The second-order valence-corrected chi connectivity index (χ2v) is 7.64. The minimum atomic E-state index is -4.18. The number of aliphatic hydroxyl groups excluding tert-OH is 1. The maximum atomic E-state index is 13.8. The van der Waals surface area contributed by atoms with Gasteiger partial charge in [-0.1, -0.05) is 0 Å². The number of halogens is 5. The summed E-state index contributed by atoms with van der Waals surface area (Å²) in [6.45, 7) is 1.16. The minimum absolute atomic E-state index is 0.00406. The molecular weight excluding hydrogens is 391 g/mol. The lowest BCUT2D eigenvalue weighted by atomic mass is 10.0. The van der Waals surface area contributed by atoms with Crippen molar-refractivity contribution >= 4 is 21.8 Å². The molecule has 1 N–H and O–H groups in total. The van der Waals surface area contributed by atoms with Crippen molar-refractivity contribution in [3.63, 3.8) is 0 Å². The number of rotatable bonds is 4. The average Bonchev–Trinajstić information content (AvgIpc) is 2.95. The van der Waals surface area contributed by atoms with Crippen LogP contribution in [0, 0.1) is 11.6 Å². The van der Waals surface area contributed by atoms with Crippen molar-refractivity contribution in [3.8, 4) is 0 Å². The van der Waals surface area contributed by atoms with Gasteiger partial charge in [0, 0.05) is 41.3 Å². The van der Waals surface area contributed by atoms with E-state index < -0.39 is 36.4 Å². The quantitative estimate of drug-likeness (QED) is 0.610. The van der Waals surface area contributed by atoms with E-state index in [9.17, 15) is 27.1 Å². The molecule has 4 rings (SSSR count). The van der Waals surface area contributed by atoms with Gasteiger partial charge in [0.1, 0.15) is 11.6 Å². The zero-order valence-corrected chi connectivity index (χ0v) is 15.6. The highest BCUT2D eigenvalue weighted by atomic mass is 19.4. The summed E-state index contributed by atoms with van der Waals surface area (Å²) < 4.78 is 66.9. The van der Waals surface area contributed by atoms with Gasteiger partial charge < -0.3 is 14.6 Å². The number of hydrogen-bond acceptors (Lipinski definition) is 2. The monoisotopic (exact) mass is 412 g/mol. The third-order valence-electron chi connectivity index (χ3n) is 5.62. The van der Waals surface area contributed by atoms with Crippen molar-refractivity contribution < 1.29 is 27.1 Å². The fourth-order valence-electron chi connectivity index (χ4n) is 4.30. The molecule has 2 atom stereocenters. The van der Waals surface area contributed by atoms with Crippen LogP contribution in [0.25, 0.3) is 21.8 Å². The van der Waals surface area contributed by atoms with Gasteiger partial charge >= 0.3 is 6.18 Å². The molecule has 0 unspecified atom stereocenters. The standard InChI is InChI=1S/C21H21F5N2O/c22-13-2-4-17-15(10-13)16-11-14(23)3-5-18(16)28(17)19-12-27(9-6-20(19)29)8-1-7-21(24,25)26/h2-5,10-11,19-20,29H,1,6-9,12H2/t19-,20-/m1/s1. The Morgan fingerprint density at radius 1 is 0.966 bits per heavy atom. The third-order valence-corrected chi connectivity index (χ3v) is 5.62. The van der Waals surface area contributed by atoms with Crippen molar-refractivity contribution in [1.82, 2.24) is 9.47 Å². The molecule has 2 aromatic carbocycles. The predicted molar refractivity (Wildman–Crippen MR) is 101 cm³/mol. The fraction of sp³-hybridized carbons (Fsp3) is 0.429. The first-order chi connectivity index (χ1) is 13.7. The van der Waals surface area contributed by atoms with Crippen LogP contribution >= 0.6 is 0 Å². The van der Waals surface area contributed by atoms with Gasteiger partial charge in [-0.05, 0) is 55.8 Å². The molecule has 3 nitrogen and oxygen atoms in total. The van der Waals surface area contributed by atoms with Gasteiger partial charge in [0.25, 0.3) is 0 Å². The number of benzene rings is 2. The number of alkyl halides is 3. The molecule has 0 bridgehead atoms. The van der Waals surface area contributed by atoms with Gasteiger partial charge in [-0.2, -0.15) is 13.2 Å². The van der Waals surface area contributed by atoms with Gasteiger partial charge in [-0.15, -0.1) is 0 Å². The summed E-state index contributed by atoms with van der Waals surface area (Å²) in [5, 5.41) is 11.8. The number of aromatic nitrogens is 1. The van der Waals surface area contributed by atoms with Gasteiger partial charge in [-0.25, -0.2) is 8.78 Å². The first-order valence-corrected chi connectivity index (χ1v) is 9.59. The smallest absolute Gasteiger partial charge is 0.389 e. The predicted octanol–water partition coefficient (Wildman–Crippen LogP) is 5.02. The summed E-state index contributed by atoms with van der Waals surface area (Å²) >= 11 is 0. The van der Waals surface area contributed by atoms with Crippen LogP contribution in [-0.2, 0) is 0 Å². The topological polar surface area (TPSA) is 28.4 Å². The molecule has 1 aromatic heterocycles. The summed E-state index contributed by atoms with van der Waals surface area (Å²) in [6.07, 6.45) is -5.32. The van der Waals surface area contributed by atoms with Crippen molar-refractivity contribution in [3.05, 3.63) is 48.0 Å². The lowest BCUT2D eigenvalue weighted by molar-refractivity contribution is -0.136. The second kappa shape index (κ2) is 7.57. The third kappa shape index (κ3) is 4.09. The first-order valence-electron chi connectivity index (χ1n) is 9.59. The van der Waals surface area contributed by atoms with Crippen LogP contribution in [0.1, 0.15) is 25.3 Å². The molecule has 0 spiro atoms. The zero-order valence-electron chi connectivity index (χ0n) is 15.6. The maximum Gasteiger partial charge on any atom is 0.389 e. The van der Waals surface area contributed by atoms with Crippen LogP contribution in [0.15, 0.2) is 36.4 Å². The molecule has 1 fully saturated rings. The molecular formula is C21H21F5N2O. The minimum Gasteiger partial charge on any atom is -0.391 e. The van der Waals surface area contributed by atoms with Crippen molar-refractivity contribution in [2.75, 3.05) is 19.6 Å². The summed E-state index contributed by atoms with van der Waals surface area (Å²) in [7, 11) is 0. The van der Waals surface area contributed by atoms with Gasteiger partial charge in [-0.3, -0.25) is 0 Å². The number of piperidine rings is 1. The molecule has 0 amide bonds. The molecule has 0 aliphatic carbocycles. The number of aliphatic hydroxyl groups is 1. The fourth-order valence-corrected chi connectivity index (χ4v) is 4.30. The van der Waals surface area contributed by atoms with Gasteiger partial charge in [0.15, 0.2) is 0 Å². The molecule has 0 saturated carbocycles. The highest BCUT2D eigenvalue weighted by Gasteiger charge is 2.32. The SMILES string of the molecule is O[C@@H]1CCN(CCCC(F)(F)F)C[C@H]1n1c2ccc(F)cc2c2cc(F)ccc21. The summed E-state index contributed by atoms with van der Waals surface area (Å²) in [4.78, 5) is 1.91. The summed E-state index contributed by atoms with van der Waals surface area (Å²) in [5.74, 6) is -0.891. The van der Waals surface area contributed by atoms with Crippen molar-refractivity contribution in [2.45, 2.75) is 37.6 Å². The van der Waals surface area contributed by atoms with Crippen molar-refractivity contribution in [1.29, 1.82) is 0 Å². The molecule has 29 heavy (non-hydrogen) atoms. The number of fused-ring (bicyclic) bond motifs is 3. The van der Waals surface area contributed by atoms with E-state index in [2.05, 4.69) is 0 Å². The first kappa shape index (κ1) is 20.1. The Hall–Kier alpha value is -2.19. The van der Waals surface area contributed by atoms with E-state index in [1.807, 2.05) is 9.47 Å². The number of nitrogens with zero attached hydrogens (tertiary/aromatic N) is 2. The lowest BCUT2D eigenvalue weighted by Gasteiger charge is -2.37. The summed E-state index contributed by atoms with van der Waals surface area (Å²) in [5.41, 5.74) is 1.32.